The molecule has 1 rings (SSSR count). The van der Waals surface area contributed by atoms with Crippen LogP contribution in [0.2, 0.25) is 0 Å². The molecular formula is C17H23NOS. The van der Waals surface area contributed by atoms with Crippen molar-refractivity contribution in [3.8, 4) is 0 Å². The lowest BCUT2D eigenvalue weighted by Gasteiger charge is -1.95. The minimum absolute atomic E-state index is 0.732. The summed E-state index contributed by atoms with van der Waals surface area (Å²) in [6.45, 7) is 4.21. The van der Waals surface area contributed by atoms with Crippen molar-refractivity contribution < 1.29 is 4.21 Å². The quantitative estimate of drug-likeness (QED) is 0.384. The van der Waals surface area contributed by atoms with Crippen LogP contribution in [-0.2, 0) is 11.0 Å². The Hall–Kier alpha value is -1.48. The molecule has 0 unspecified atom stereocenters. The van der Waals surface area contributed by atoms with E-state index in [0.717, 1.165) is 16.9 Å². The van der Waals surface area contributed by atoms with Gasteiger partial charge in [0.25, 0.3) is 0 Å². The molecule has 1 aromatic rings. The van der Waals surface area contributed by atoms with E-state index in [2.05, 4.69) is 17.4 Å². The first kappa shape index (κ1) is 16.6. The molecular weight excluding hydrogens is 266 g/mol. The third-order valence-electron chi connectivity index (χ3n) is 2.80. The van der Waals surface area contributed by atoms with Crippen molar-refractivity contribution >= 4 is 17.2 Å². The van der Waals surface area contributed by atoms with Gasteiger partial charge >= 0.3 is 0 Å². The van der Waals surface area contributed by atoms with Crippen molar-refractivity contribution in [1.29, 1.82) is 0 Å². The van der Waals surface area contributed by atoms with Crippen molar-refractivity contribution in [3.63, 3.8) is 0 Å². The highest BCUT2D eigenvalue weighted by Gasteiger charge is 1.98. The lowest BCUT2D eigenvalue weighted by atomic mass is 10.2. The summed E-state index contributed by atoms with van der Waals surface area (Å²) >= 11 is 0. The van der Waals surface area contributed by atoms with Crippen molar-refractivity contribution in [2.45, 2.75) is 44.4 Å². The molecule has 0 fully saturated rings. The third-order valence-corrected chi connectivity index (χ3v) is 3.79. The van der Waals surface area contributed by atoms with Gasteiger partial charge in [-0.1, -0.05) is 55.7 Å². The normalized spacial score (nSPS) is 13.7. The maximum absolute atomic E-state index is 11.8. The molecule has 0 radical (unpaired) electrons. The Morgan fingerprint density at radius 3 is 2.55 bits per heavy atom. The molecule has 3 heteroatoms. The van der Waals surface area contributed by atoms with Crippen LogP contribution in [0.25, 0.3) is 0 Å². The van der Waals surface area contributed by atoms with Crippen molar-refractivity contribution in [2.75, 3.05) is 0 Å². The van der Waals surface area contributed by atoms with Gasteiger partial charge in [-0.3, -0.25) is 0 Å². The summed E-state index contributed by atoms with van der Waals surface area (Å²) in [6, 6.07) is 7.58. The van der Waals surface area contributed by atoms with E-state index in [-0.39, 0.29) is 0 Å². The number of aryl methyl sites for hydroxylation is 1. The van der Waals surface area contributed by atoms with Gasteiger partial charge in [-0.05, 0) is 38.0 Å². The molecule has 0 spiro atoms. The van der Waals surface area contributed by atoms with Crippen LogP contribution < -0.4 is 0 Å². The van der Waals surface area contributed by atoms with Crippen LogP contribution in [0.1, 0.15) is 38.2 Å². The van der Waals surface area contributed by atoms with Crippen molar-refractivity contribution in [3.05, 3.63) is 54.1 Å². The molecule has 0 aromatic heterocycles. The van der Waals surface area contributed by atoms with Crippen molar-refractivity contribution in [2.24, 2.45) is 4.40 Å². The van der Waals surface area contributed by atoms with Crippen LogP contribution in [0.3, 0.4) is 0 Å². The van der Waals surface area contributed by atoms with E-state index in [1.807, 2.05) is 49.4 Å². The number of nitrogens with zero attached hydrogens (tertiary/aromatic N) is 1. The first-order chi connectivity index (χ1) is 9.74. The highest BCUT2D eigenvalue weighted by Crippen LogP contribution is 2.08. The van der Waals surface area contributed by atoms with Crippen LogP contribution in [0, 0.1) is 6.92 Å². The fourth-order valence-corrected chi connectivity index (χ4v) is 2.28. The second-order valence-corrected chi connectivity index (χ2v) is 5.81. The van der Waals surface area contributed by atoms with Crippen LogP contribution in [-0.4, -0.2) is 10.4 Å². The fourth-order valence-electron chi connectivity index (χ4n) is 1.61. The smallest absolute Gasteiger partial charge is 0.172 e. The zero-order chi connectivity index (χ0) is 14.6. The molecule has 0 aliphatic carbocycles. The molecule has 1 aromatic carbocycles. The van der Waals surface area contributed by atoms with E-state index in [1.165, 1.54) is 19.3 Å². The Kier molecular flexibility index (Phi) is 8.56. The standard InChI is InChI=1S/C17H23NOS/c1-3-4-5-6-7-8-9-10-15-18-20(19)17-13-11-16(2)12-14-17/h7-15H,3-6H2,1-2H3/b8-7+,10-9+,18-15+/t20-/m1/s1. The predicted molar refractivity (Wildman–Crippen MR) is 88.5 cm³/mol. The Morgan fingerprint density at radius 1 is 1.10 bits per heavy atom. The van der Waals surface area contributed by atoms with Gasteiger partial charge in [0.1, 0.15) is 0 Å². The van der Waals surface area contributed by atoms with Crippen LogP contribution in [0.4, 0.5) is 0 Å². The summed E-state index contributed by atoms with van der Waals surface area (Å²) < 4.78 is 15.8. The zero-order valence-corrected chi connectivity index (χ0v) is 13.1. The van der Waals surface area contributed by atoms with Gasteiger partial charge in [0.2, 0.25) is 0 Å². The molecule has 0 N–H and O–H groups in total. The number of hydrogen-bond acceptors (Lipinski definition) is 1. The Balaban J connectivity index is 2.33. The molecule has 1 atom stereocenters. The summed E-state index contributed by atoms with van der Waals surface area (Å²) in [5.74, 6) is 0. The fraction of sp³-hybridized carbons (Fsp3) is 0.353. The average molecular weight is 289 g/mol. The maximum atomic E-state index is 11.8. The van der Waals surface area contributed by atoms with E-state index < -0.39 is 11.0 Å². The van der Waals surface area contributed by atoms with Gasteiger partial charge in [-0.2, -0.15) is 4.40 Å². The molecule has 0 saturated heterocycles. The Labute approximate surface area is 124 Å². The van der Waals surface area contributed by atoms with Crippen LogP contribution in [0.5, 0.6) is 0 Å². The van der Waals surface area contributed by atoms with Gasteiger partial charge in [0.15, 0.2) is 11.0 Å². The summed E-state index contributed by atoms with van der Waals surface area (Å²) in [4.78, 5) is 0.732. The van der Waals surface area contributed by atoms with Crippen molar-refractivity contribution in [1.82, 2.24) is 0 Å². The number of allylic oxidation sites excluding steroid dienone is 4. The molecule has 0 saturated carbocycles. The second-order valence-electron chi connectivity index (χ2n) is 4.63. The van der Waals surface area contributed by atoms with E-state index in [1.54, 1.807) is 6.21 Å². The summed E-state index contributed by atoms with van der Waals surface area (Å²) in [5, 5.41) is 0. The van der Waals surface area contributed by atoms with Gasteiger partial charge in [-0.25, -0.2) is 4.21 Å². The SMILES string of the molecule is CCCCC/C=C/C=C/C=N/[S@](=O)c1ccc(C)cc1. The van der Waals surface area contributed by atoms with Gasteiger partial charge < -0.3 is 0 Å². The molecule has 20 heavy (non-hydrogen) atoms. The average Bonchev–Trinajstić information content (AvgIpc) is 2.46. The highest BCUT2D eigenvalue weighted by atomic mass is 32.2. The number of hydrogen-bond donors (Lipinski definition) is 0. The van der Waals surface area contributed by atoms with Gasteiger partial charge in [0.05, 0.1) is 4.90 Å². The molecule has 0 heterocycles. The summed E-state index contributed by atoms with van der Waals surface area (Å²) in [6.07, 6.45) is 14.4. The molecule has 0 amide bonds. The minimum atomic E-state index is -1.31. The predicted octanol–water partition coefficient (Wildman–Crippen LogP) is 4.78. The first-order valence-electron chi connectivity index (χ1n) is 7.08. The van der Waals surface area contributed by atoms with E-state index in [0.29, 0.717) is 0 Å². The summed E-state index contributed by atoms with van der Waals surface area (Å²) in [5.41, 5.74) is 1.16. The molecule has 2 nitrogen and oxygen atoms in total. The number of benzene rings is 1. The Morgan fingerprint density at radius 2 is 1.85 bits per heavy atom. The number of rotatable bonds is 8. The molecule has 108 valence electrons. The second kappa shape index (κ2) is 10.3. The third kappa shape index (κ3) is 7.19. The van der Waals surface area contributed by atoms with E-state index >= 15 is 0 Å². The van der Waals surface area contributed by atoms with E-state index in [9.17, 15) is 4.21 Å². The largest absolute Gasteiger partial charge is 0.229 e. The minimum Gasteiger partial charge on any atom is -0.229 e. The zero-order valence-electron chi connectivity index (χ0n) is 12.3. The monoisotopic (exact) mass is 289 g/mol. The van der Waals surface area contributed by atoms with E-state index in [4.69, 9.17) is 0 Å². The lowest BCUT2D eigenvalue weighted by molar-refractivity contribution is 0.684. The topological polar surface area (TPSA) is 29.4 Å². The maximum Gasteiger partial charge on any atom is 0.172 e. The van der Waals surface area contributed by atoms with Gasteiger partial charge in [0, 0.05) is 6.21 Å². The first-order valence-corrected chi connectivity index (χ1v) is 8.19. The lowest BCUT2D eigenvalue weighted by Crippen LogP contribution is -1.86. The summed E-state index contributed by atoms with van der Waals surface area (Å²) in [7, 11) is -1.31. The van der Waals surface area contributed by atoms with Crippen LogP contribution >= 0.6 is 0 Å². The Bertz CT molecular complexity index is 486. The van der Waals surface area contributed by atoms with Crippen LogP contribution in [0.15, 0.2) is 57.9 Å². The number of unbranched alkanes of at least 4 members (excludes halogenated alkanes) is 3. The highest BCUT2D eigenvalue weighted by molar-refractivity contribution is 7.83. The molecule has 0 aliphatic heterocycles. The molecule has 0 aliphatic rings. The van der Waals surface area contributed by atoms with Gasteiger partial charge in [-0.15, -0.1) is 0 Å². The molecule has 0 bridgehead atoms.